The summed E-state index contributed by atoms with van der Waals surface area (Å²) in [5.41, 5.74) is 7.07. The summed E-state index contributed by atoms with van der Waals surface area (Å²) in [7, 11) is 0. The molecule has 1 saturated heterocycles. The highest BCUT2D eigenvalue weighted by atomic mass is 16.2. The van der Waals surface area contributed by atoms with Gasteiger partial charge in [0.15, 0.2) is 0 Å². The van der Waals surface area contributed by atoms with Gasteiger partial charge in [0.2, 0.25) is 0 Å². The second-order valence-electron chi connectivity index (χ2n) is 5.31. The number of aromatic nitrogens is 1. The minimum atomic E-state index is -0.460. The van der Waals surface area contributed by atoms with Crippen LogP contribution < -0.4 is 5.73 Å². The molecule has 2 aromatic rings. The molecule has 114 valence electrons. The number of nitrogens with zero attached hydrogens (tertiary/aromatic N) is 2. The van der Waals surface area contributed by atoms with Gasteiger partial charge in [0.25, 0.3) is 5.91 Å². The van der Waals surface area contributed by atoms with Gasteiger partial charge in [-0.15, -0.1) is 0 Å². The summed E-state index contributed by atoms with van der Waals surface area (Å²) in [5, 5.41) is 0. The van der Waals surface area contributed by atoms with Crippen LogP contribution in [0, 0.1) is 0 Å². The fourth-order valence-corrected chi connectivity index (χ4v) is 2.82. The molecular formula is C16H18N4O2. The number of carbonyl (C=O) groups excluding carboxylic acids is 2. The summed E-state index contributed by atoms with van der Waals surface area (Å²) < 4.78 is 0. The normalized spacial score (nSPS) is 18.3. The van der Waals surface area contributed by atoms with Crippen LogP contribution in [0.1, 0.15) is 22.0 Å². The average Bonchev–Trinajstić information content (AvgIpc) is 3.08. The van der Waals surface area contributed by atoms with E-state index in [1.807, 2.05) is 30.5 Å². The van der Waals surface area contributed by atoms with Crippen LogP contribution in [0.25, 0.3) is 0 Å². The van der Waals surface area contributed by atoms with Crippen LogP contribution in [-0.4, -0.2) is 46.4 Å². The van der Waals surface area contributed by atoms with Crippen LogP contribution in [0.15, 0.2) is 48.8 Å². The lowest BCUT2D eigenvalue weighted by molar-refractivity contribution is 0.0565. The van der Waals surface area contributed by atoms with Crippen LogP contribution in [0.4, 0.5) is 4.79 Å². The van der Waals surface area contributed by atoms with E-state index in [-0.39, 0.29) is 11.9 Å². The van der Waals surface area contributed by atoms with Crippen molar-refractivity contribution >= 4 is 11.9 Å². The standard InChI is InChI=1S/C16H18N4O2/c17-16(22)20-9-8-19(11-14(20)13-6-7-18-10-13)15(21)12-4-2-1-3-5-12/h1-7,10,14,18H,8-9,11H2,(H2,17,22). The van der Waals surface area contributed by atoms with Gasteiger partial charge in [0, 0.05) is 37.6 Å². The molecule has 0 bridgehead atoms. The number of H-pyrrole nitrogens is 1. The molecule has 3 rings (SSSR count). The highest BCUT2D eigenvalue weighted by Crippen LogP contribution is 2.25. The molecule has 3 amide bonds. The van der Waals surface area contributed by atoms with E-state index in [9.17, 15) is 9.59 Å². The topological polar surface area (TPSA) is 82.4 Å². The lowest BCUT2D eigenvalue weighted by Crippen LogP contribution is -2.53. The van der Waals surface area contributed by atoms with Crippen LogP contribution in [-0.2, 0) is 0 Å². The van der Waals surface area contributed by atoms with Crippen LogP contribution in [0.2, 0.25) is 0 Å². The molecule has 1 aromatic carbocycles. The van der Waals surface area contributed by atoms with Crippen molar-refractivity contribution in [1.29, 1.82) is 0 Å². The Morgan fingerprint density at radius 3 is 2.55 bits per heavy atom. The number of aromatic amines is 1. The fraction of sp³-hybridized carbons (Fsp3) is 0.250. The van der Waals surface area contributed by atoms with Gasteiger partial charge >= 0.3 is 6.03 Å². The van der Waals surface area contributed by atoms with Gasteiger partial charge in [-0.05, 0) is 23.8 Å². The Bertz CT molecular complexity index is 654. The number of rotatable bonds is 2. The monoisotopic (exact) mass is 298 g/mol. The second-order valence-corrected chi connectivity index (χ2v) is 5.31. The van der Waals surface area contributed by atoms with E-state index in [0.717, 1.165) is 5.56 Å². The summed E-state index contributed by atoms with van der Waals surface area (Å²) in [6, 6.07) is 10.4. The molecule has 1 aliphatic heterocycles. The van der Waals surface area contributed by atoms with E-state index >= 15 is 0 Å². The molecule has 1 aliphatic rings. The second kappa shape index (κ2) is 5.93. The van der Waals surface area contributed by atoms with Crippen molar-refractivity contribution < 1.29 is 9.59 Å². The van der Waals surface area contributed by atoms with Gasteiger partial charge in [-0.2, -0.15) is 0 Å². The van der Waals surface area contributed by atoms with Gasteiger partial charge < -0.3 is 20.5 Å². The molecule has 0 aliphatic carbocycles. The molecule has 2 heterocycles. The van der Waals surface area contributed by atoms with E-state index < -0.39 is 6.03 Å². The summed E-state index contributed by atoms with van der Waals surface area (Å²) in [6.45, 7) is 1.36. The third-order valence-electron chi connectivity index (χ3n) is 3.98. The molecule has 0 radical (unpaired) electrons. The van der Waals surface area contributed by atoms with Gasteiger partial charge in [0.05, 0.1) is 6.04 Å². The lowest BCUT2D eigenvalue weighted by atomic mass is 10.0. The SMILES string of the molecule is NC(=O)N1CCN(C(=O)c2ccccc2)CC1c1cc[nH]c1. The predicted molar refractivity (Wildman–Crippen MR) is 82.2 cm³/mol. The lowest BCUT2D eigenvalue weighted by Gasteiger charge is -2.40. The first-order chi connectivity index (χ1) is 10.7. The van der Waals surface area contributed by atoms with Gasteiger partial charge in [0.1, 0.15) is 0 Å². The minimum Gasteiger partial charge on any atom is -0.367 e. The van der Waals surface area contributed by atoms with Crippen molar-refractivity contribution in [3.05, 3.63) is 59.9 Å². The predicted octanol–water partition coefficient (Wildman–Crippen LogP) is 1.59. The molecule has 0 spiro atoms. The van der Waals surface area contributed by atoms with Crippen molar-refractivity contribution in [2.24, 2.45) is 5.73 Å². The zero-order valence-corrected chi connectivity index (χ0v) is 12.1. The highest BCUT2D eigenvalue weighted by Gasteiger charge is 2.33. The van der Waals surface area contributed by atoms with Crippen molar-refractivity contribution in [1.82, 2.24) is 14.8 Å². The van der Waals surface area contributed by atoms with Crippen molar-refractivity contribution in [3.8, 4) is 0 Å². The molecule has 6 nitrogen and oxygen atoms in total. The largest absolute Gasteiger partial charge is 0.367 e. The molecule has 1 fully saturated rings. The molecule has 1 atom stereocenters. The summed E-state index contributed by atoms with van der Waals surface area (Å²) in [4.78, 5) is 30.6. The number of amides is 3. The van der Waals surface area contributed by atoms with Crippen LogP contribution in [0.3, 0.4) is 0 Å². The molecule has 1 aromatic heterocycles. The average molecular weight is 298 g/mol. The molecule has 6 heteroatoms. The van der Waals surface area contributed by atoms with Crippen molar-refractivity contribution in [3.63, 3.8) is 0 Å². The Kier molecular flexibility index (Phi) is 3.82. The number of piperazine rings is 1. The van der Waals surface area contributed by atoms with Crippen LogP contribution in [0.5, 0.6) is 0 Å². The number of nitrogens with one attached hydrogen (secondary N) is 1. The maximum atomic E-state index is 12.6. The Balaban J connectivity index is 1.82. The maximum Gasteiger partial charge on any atom is 0.315 e. The van der Waals surface area contributed by atoms with Gasteiger partial charge in [-0.1, -0.05) is 18.2 Å². The van der Waals surface area contributed by atoms with E-state index in [1.165, 1.54) is 0 Å². The maximum absolute atomic E-state index is 12.6. The van der Waals surface area contributed by atoms with Gasteiger partial charge in [-0.3, -0.25) is 4.79 Å². The number of primary amides is 1. The summed E-state index contributed by atoms with van der Waals surface area (Å²) >= 11 is 0. The molecule has 1 unspecified atom stereocenters. The Hall–Kier alpha value is -2.76. The molecule has 3 N–H and O–H groups in total. The van der Waals surface area contributed by atoms with E-state index in [1.54, 1.807) is 28.1 Å². The number of hydrogen-bond donors (Lipinski definition) is 2. The first-order valence-electron chi connectivity index (χ1n) is 7.20. The molecule has 22 heavy (non-hydrogen) atoms. The highest BCUT2D eigenvalue weighted by molar-refractivity contribution is 5.94. The summed E-state index contributed by atoms with van der Waals surface area (Å²) in [5.74, 6) is -0.0229. The number of nitrogens with two attached hydrogens (primary N) is 1. The first-order valence-corrected chi connectivity index (χ1v) is 7.20. The Morgan fingerprint density at radius 1 is 1.14 bits per heavy atom. The smallest absolute Gasteiger partial charge is 0.315 e. The number of carbonyl (C=O) groups is 2. The number of hydrogen-bond acceptors (Lipinski definition) is 2. The quantitative estimate of drug-likeness (QED) is 0.882. The summed E-state index contributed by atoms with van der Waals surface area (Å²) in [6.07, 6.45) is 3.63. The third-order valence-corrected chi connectivity index (χ3v) is 3.98. The molecule has 0 saturated carbocycles. The minimum absolute atomic E-state index is 0.0229. The third kappa shape index (κ3) is 2.67. The Labute approximate surface area is 128 Å². The molecular weight excluding hydrogens is 280 g/mol. The van der Waals surface area contributed by atoms with E-state index in [4.69, 9.17) is 5.73 Å². The zero-order valence-electron chi connectivity index (χ0n) is 12.1. The first kappa shape index (κ1) is 14.2. The number of benzene rings is 1. The van der Waals surface area contributed by atoms with Crippen molar-refractivity contribution in [2.75, 3.05) is 19.6 Å². The van der Waals surface area contributed by atoms with E-state index in [2.05, 4.69) is 4.98 Å². The number of urea groups is 1. The fourth-order valence-electron chi connectivity index (χ4n) is 2.82. The van der Waals surface area contributed by atoms with Crippen molar-refractivity contribution in [2.45, 2.75) is 6.04 Å². The van der Waals surface area contributed by atoms with E-state index in [0.29, 0.717) is 25.2 Å². The van der Waals surface area contributed by atoms with Gasteiger partial charge in [-0.25, -0.2) is 4.79 Å². The zero-order chi connectivity index (χ0) is 15.5. The van der Waals surface area contributed by atoms with Crippen LogP contribution >= 0.6 is 0 Å². The Morgan fingerprint density at radius 2 is 1.91 bits per heavy atom.